The third-order valence-electron chi connectivity index (χ3n) is 4.76. The van der Waals surface area contributed by atoms with E-state index >= 15 is 0 Å². The van der Waals surface area contributed by atoms with E-state index in [1.54, 1.807) is 29.1 Å². The maximum absolute atomic E-state index is 13.1. The predicted molar refractivity (Wildman–Crippen MR) is 96.8 cm³/mol. The Hall–Kier alpha value is -3.16. The Bertz CT molecular complexity index is 948. The summed E-state index contributed by atoms with van der Waals surface area (Å²) >= 11 is 0. The van der Waals surface area contributed by atoms with Crippen LogP contribution in [0.2, 0.25) is 0 Å². The van der Waals surface area contributed by atoms with E-state index in [1.807, 2.05) is 31.2 Å². The van der Waals surface area contributed by atoms with Crippen LogP contribution in [-0.2, 0) is 6.42 Å². The summed E-state index contributed by atoms with van der Waals surface area (Å²) in [5, 5.41) is 8.29. The summed E-state index contributed by atoms with van der Waals surface area (Å²) in [7, 11) is 1.61. The van der Waals surface area contributed by atoms with Gasteiger partial charge in [0.1, 0.15) is 17.5 Å². The van der Waals surface area contributed by atoms with Crippen LogP contribution in [0, 0.1) is 0 Å². The van der Waals surface area contributed by atoms with Crippen molar-refractivity contribution in [2.24, 2.45) is 0 Å². The van der Waals surface area contributed by atoms with Crippen molar-refractivity contribution in [3.63, 3.8) is 0 Å². The van der Waals surface area contributed by atoms with Gasteiger partial charge < -0.3 is 14.2 Å². The van der Waals surface area contributed by atoms with Crippen LogP contribution in [0.25, 0.3) is 5.69 Å². The molecule has 1 aromatic carbocycles. The Morgan fingerprint density at radius 2 is 2.22 bits per heavy atom. The number of hydrogen-bond acceptors (Lipinski definition) is 6. The maximum atomic E-state index is 13.1. The van der Waals surface area contributed by atoms with E-state index in [-0.39, 0.29) is 11.9 Å². The van der Waals surface area contributed by atoms with Crippen LogP contribution in [0.5, 0.6) is 5.75 Å². The zero-order valence-corrected chi connectivity index (χ0v) is 15.3. The molecule has 27 heavy (non-hydrogen) atoms. The van der Waals surface area contributed by atoms with Crippen molar-refractivity contribution in [1.29, 1.82) is 0 Å². The molecule has 140 valence electrons. The van der Waals surface area contributed by atoms with Crippen LogP contribution in [0.15, 0.2) is 41.2 Å². The van der Waals surface area contributed by atoms with Crippen LogP contribution in [0.3, 0.4) is 0 Å². The van der Waals surface area contributed by atoms with Gasteiger partial charge in [-0.1, -0.05) is 24.2 Å². The molecule has 3 heterocycles. The van der Waals surface area contributed by atoms with Gasteiger partial charge in [-0.15, -0.1) is 0 Å². The average molecular weight is 367 g/mol. The van der Waals surface area contributed by atoms with Gasteiger partial charge in [0.05, 0.1) is 18.9 Å². The molecule has 2 aromatic heterocycles. The minimum absolute atomic E-state index is 0.0881. The molecule has 8 heteroatoms. The molecule has 1 atom stereocenters. The lowest BCUT2D eigenvalue weighted by Crippen LogP contribution is -2.30. The number of rotatable bonds is 5. The molecule has 0 saturated carbocycles. The van der Waals surface area contributed by atoms with E-state index in [9.17, 15) is 4.79 Å². The first kappa shape index (κ1) is 17.3. The fourth-order valence-corrected chi connectivity index (χ4v) is 3.36. The smallest absolute Gasteiger partial charge is 0.257 e. The molecule has 1 saturated heterocycles. The highest BCUT2D eigenvalue weighted by molar-refractivity contribution is 5.94. The zero-order valence-electron chi connectivity index (χ0n) is 15.3. The van der Waals surface area contributed by atoms with Crippen molar-refractivity contribution in [2.45, 2.75) is 32.2 Å². The van der Waals surface area contributed by atoms with Gasteiger partial charge in [0.25, 0.3) is 5.91 Å². The highest BCUT2D eigenvalue weighted by atomic mass is 16.5. The number of likely N-dealkylation sites (tertiary alicyclic amines) is 1. The molecule has 1 aliphatic heterocycles. The van der Waals surface area contributed by atoms with Gasteiger partial charge in [-0.25, -0.2) is 4.68 Å². The fourth-order valence-electron chi connectivity index (χ4n) is 3.36. The normalized spacial score (nSPS) is 16.7. The molecule has 4 rings (SSSR count). The molecule has 8 nitrogen and oxygen atoms in total. The van der Waals surface area contributed by atoms with Crippen molar-refractivity contribution >= 4 is 5.91 Å². The molecule has 1 aliphatic rings. The van der Waals surface area contributed by atoms with Crippen molar-refractivity contribution in [1.82, 2.24) is 24.8 Å². The summed E-state index contributed by atoms with van der Waals surface area (Å²) in [5.41, 5.74) is 1.30. The van der Waals surface area contributed by atoms with Crippen molar-refractivity contribution in [3.8, 4) is 11.4 Å². The monoisotopic (exact) mass is 367 g/mol. The molecule has 3 aromatic rings. The molecular formula is C19H21N5O3. The van der Waals surface area contributed by atoms with Crippen molar-refractivity contribution in [2.75, 3.05) is 13.7 Å². The number of hydrogen-bond donors (Lipinski definition) is 0. The third-order valence-corrected chi connectivity index (χ3v) is 4.76. The van der Waals surface area contributed by atoms with Crippen LogP contribution in [0.1, 0.15) is 47.9 Å². The average Bonchev–Trinajstić information content (AvgIpc) is 3.47. The Morgan fingerprint density at radius 3 is 3.00 bits per heavy atom. The van der Waals surface area contributed by atoms with E-state index in [0.29, 0.717) is 36.0 Å². The standard InChI is InChI=1S/C19H21N5O3/c1-3-17-21-18(27-22-17)15-8-6-10-23(15)19(25)13-11-20-24(12-13)14-7-4-5-9-16(14)26-2/h4-5,7,9,11-12,15H,3,6,8,10H2,1-2H3/t15-/m0/s1. The topological polar surface area (TPSA) is 86.3 Å². The number of nitrogens with zero attached hydrogens (tertiary/aromatic N) is 5. The van der Waals surface area contributed by atoms with Gasteiger partial charge >= 0.3 is 0 Å². The van der Waals surface area contributed by atoms with Gasteiger partial charge in [0.15, 0.2) is 5.82 Å². The summed E-state index contributed by atoms with van der Waals surface area (Å²) in [6.45, 7) is 2.63. The van der Waals surface area contributed by atoms with Crippen LogP contribution < -0.4 is 4.74 Å². The summed E-state index contributed by atoms with van der Waals surface area (Å²) in [6.07, 6.45) is 5.73. The lowest BCUT2D eigenvalue weighted by Gasteiger charge is -2.21. The van der Waals surface area contributed by atoms with Crippen LogP contribution in [-0.4, -0.2) is 44.4 Å². The number of aryl methyl sites for hydroxylation is 1. The Balaban J connectivity index is 1.58. The van der Waals surface area contributed by atoms with Gasteiger partial charge in [-0.2, -0.15) is 10.1 Å². The third kappa shape index (κ3) is 3.18. The fraction of sp³-hybridized carbons (Fsp3) is 0.368. The van der Waals surface area contributed by atoms with Gasteiger partial charge in [-0.05, 0) is 25.0 Å². The molecule has 0 unspecified atom stereocenters. The summed E-state index contributed by atoms with van der Waals surface area (Å²) in [5.74, 6) is 1.77. The number of benzene rings is 1. The molecule has 0 N–H and O–H groups in total. The summed E-state index contributed by atoms with van der Waals surface area (Å²) in [6, 6.07) is 7.36. The first-order valence-electron chi connectivity index (χ1n) is 9.02. The minimum atomic E-state index is -0.181. The molecule has 0 bridgehead atoms. The molecule has 0 spiro atoms. The Morgan fingerprint density at radius 1 is 1.37 bits per heavy atom. The zero-order chi connectivity index (χ0) is 18.8. The first-order chi connectivity index (χ1) is 13.2. The minimum Gasteiger partial charge on any atom is -0.494 e. The van der Waals surface area contributed by atoms with Gasteiger partial charge in [0, 0.05) is 19.2 Å². The second-order valence-electron chi connectivity index (χ2n) is 6.40. The molecule has 0 aliphatic carbocycles. The first-order valence-corrected chi connectivity index (χ1v) is 9.02. The van der Waals surface area contributed by atoms with Gasteiger partial charge in [0.2, 0.25) is 5.89 Å². The lowest BCUT2D eigenvalue weighted by atomic mass is 10.2. The second kappa shape index (κ2) is 7.22. The van der Waals surface area contributed by atoms with Crippen molar-refractivity contribution in [3.05, 3.63) is 53.9 Å². The summed E-state index contributed by atoms with van der Waals surface area (Å²) < 4.78 is 12.4. The number of ether oxygens (including phenoxy) is 1. The number of methoxy groups -OCH3 is 1. The molecular weight excluding hydrogens is 346 g/mol. The van der Waals surface area contributed by atoms with Gasteiger partial charge in [-0.3, -0.25) is 4.79 Å². The molecule has 1 fully saturated rings. The molecule has 1 amide bonds. The quantitative estimate of drug-likeness (QED) is 0.689. The van der Waals surface area contributed by atoms with Crippen molar-refractivity contribution < 1.29 is 14.1 Å². The SMILES string of the molecule is CCc1noc([C@@H]2CCCN2C(=O)c2cnn(-c3ccccc3OC)c2)n1. The number of carbonyl (C=O) groups is 1. The molecule has 0 radical (unpaired) electrons. The number of aromatic nitrogens is 4. The van der Waals surface area contributed by atoms with Crippen LogP contribution in [0.4, 0.5) is 0 Å². The lowest BCUT2D eigenvalue weighted by molar-refractivity contribution is 0.0710. The second-order valence-corrected chi connectivity index (χ2v) is 6.40. The highest BCUT2D eigenvalue weighted by Gasteiger charge is 2.35. The van der Waals surface area contributed by atoms with E-state index in [4.69, 9.17) is 9.26 Å². The van der Waals surface area contributed by atoms with E-state index < -0.39 is 0 Å². The number of para-hydroxylation sites is 2. The maximum Gasteiger partial charge on any atom is 0.257 e. The Kier molecular flexibility index (Phi) is 4.62. The highest BCUT2D eigenvalue weighted by Crippen LogP contribution is 2.32. The number of carbonyl (C=O) groups excluding carboxylic acids is 1. The van der Waals surface area contributed by atoms with Crippen LogP contribution >= 0.6 is 0 Å². The van der Waals surface area contributed by atoms with E-state index in [1.165, 1.54) is 0 Å². The van der Waals surface area contributed by atoms with E-state index in [2.05, 4.69) is 15.2 Å². The number of amides is 1. The summed E-state index contributed by atoms with van der Waals surface area (Å²) in [4.78, 5) is 19.2. The largest absolute Gasteiger partial charge is 0.494 e. The predicted octanol–water partition coefficient (Wildman–Crippen LogP) is 2.80. The Labute approximate surface area is 156 Å². The van der Waals surface area contributed by atoms with E-state index in [0.717, 1.165) is 18.5 Å².